The quantitative estimate of drug-likeness (QED) is 0.881. The van der Waals surface area contributed by atoms with Crippen LogP contribution in [0.3, 0.4) is 0 Å². The molecular formula is C14H18N2O2. The topological polar surface area (TPSA) is 47.3 Å². The van der Waals surface area contributed by atoms with Crippen LogP contribution >= 0.6 is 0 Å². The van der Waals surface area contributed by atoms with E-state index in [-0.39, 0.29) is 0 Å². The monoisotopic (exact) mass is 246 g/mol. The molecule has 0 aliphatic rings. The van der Waals surface area contributed by atoms with Gasteiger partial charge in [-0.1, -0.05) is 19.1 Å². The predicted octanol–water partition coefficient (Wildman–Crippen LogP) is 2.88. The highest BCUT2D eigenvalue weighted by Crippen LogP contribution is 2.24. The number of oxazole rings is 1. The average molecular weight is 246 g/mol. The lowest BCUT2D eigenvalue weighted by Gasteiger charge is -2.08. The molecule has 4 heteroatoms. The maximum atomic E-state index is 5.53. The van der Waals surface area contributed by atoms with E-state index in [4.69, 9.17) is 9.15 Å². The molecule has 0 atom stereocenters. The lowest BCUT2D eigenvalue weighted by molar-refractivity contribution is 0.408. The molecule has 96 valence electrons. The summed E-state index contributed by atoms with van der Waals surface area (Å²) in [6, 6.07) is 6.78. The Morgan fingerprint density at radius 3 is 2.83 bits per heavy atom. The minimum Gasteiger partial charge on any atom is -0.496 e. The molecule has 4 nitrogen and oxygen atoms in total. The third-order valence-corrected chi connectivity index (χ3v) is 2.89. The van der Waals surface area contributed by atoms with Crippen molar-refractivity contribution in [2.24, 2.45) is 0 Å². The Bertz CT molecular complexity index is 520. The minimum atomic E-state index is 0.538. The normalized spacial score (nSPS) is 10.4. The molecule has 1 aromatic carbocycles. The number of hydrogen-bond acceptors (Lipinski definition) is 4. The zero-order chi connectivity index (χ0) is 13.0. The van der Waals surface area contributed by atoms with Crippen molar-refractivity contribution in [1.29, 1.82) is 0 Å². The van der Waals surface area contributed by atoms with Crippen molar-refractivity contribution in [3.05, 3.63) is 41.3 Å². The first-order valence-electron chi connectivity index (χ1n) is 6.05. The second-order valence-electron chi connectivity index (χ2n) is 4.06. The summed E-state index contributed by atoms with van der Waals surface area (Å²) in [4.78, 5) is 4.11. The van der Waals surface area contributed by atoms with Crippen molar-refractivity contribution in [2.45, 2.75) is 19.8 Å². The van der Waals surface area contributed by atoms with Crippen LogP contribution in [-0.4, -0.2) is 19.1 Å². The largest absolute Gasteiger partial charge is 0.496 e. The van der Waals surface area contributed by atoms with Gasteiger partial charge in [0.2, 0.25) is 0 Å². The first-order valence-corrected chi connectivity index (χ1v) is 6.05. The molecule has 0 saturated heterocycles. The highest BCUT2D eigenvalue weighted by atomic mass is 16.5. The van der Waals surface area contributed by atoms with Crippen LogP contribution in [0.5, 0.6) is 5.75 Å². The van der Waals surface area contributed by atoms with E-state index in [1.54, 1.807) is 20.4 Å². The first kappa shape index (κ1) is 12.5. The Kier molecular flexibility index (Phi) is 3.87. The second kappa shape index (κ2) is 5.58. The number of methoxy groups -OCH3 is 1. The van der Waals surface area contributed by atoms with Crippen LogP contribution in [0.1, 0.15) is 23.8 Å². The summed E-state index contributed by atoms with van der Waals surface area (Å²) in [6.07, 6.45) is 3.44. The van der Waals surface area contributed by atoms with Crippen molar-refractivity contribution in [3.63, 3.8) is 0 Å². The van der Waals surface area contributed by atoms with Crippen LogP contribution in [0.25, 0.3) is 0 Å². The fourth-order valence-corrected chi connectivity index (χ4v) is 1.88. The molecule has 1 heterocycles. The summed E-state index contributed by atoms with van der Waals surface area (Å²) < 4.78 is 10.9. The van der Waals surface area contributed by atoms with E-state index in [0.717, 1.165) is 23.5 Å². The Balaban J connectivity index is 2.25. The zero-order valence-corrected chi connectivity index (χ0v) is 11.0. The molecule has 0 amide bonds. The zero-order valence-electron chi connectivity index (χ0n) is 11.0. The Hall–Kier alpha value is -1.97. The average Bonchev–Trinajstić information content (AvgIpc) is 2.86. The smallest absolute Gasteiger partial charge is 0.294 e. The summed E-state index contributed by atoms with van der Waals surface area (Å²) in [5.41, 5.74) is 2.41. The van der Waals surface area contributed by atoms with Crippen molar-refractivity contribution in [2.75, 3.05) is 19.5 Å². The first-order chi connectivity index (χ1) is 8.76. The number of benzene rings is 1. The molecule has 0 fully saturated rings. The fraction of sp³-hybridized carbons (Fsp3) is 0.357. The van der Waals surface area contributed by atoms with E-state index >= 15 is 0 Å². The predicted molar refractivity (Wildman–Crippen MR) is 71.2 cm³/mol. The van der Waals surface area contributed by atoms with Crippen molar-refractivity contribution in [3.8, 4) is 5.75 Å². The van der Waals surface area contributed by atoms with Crippen LogP contribution < -0.4 is 10.1 Å². The van der Waals surface area contributed by atoms with E-state index in [2.05, 4.69) is 29.4 Å². The van der Waals surface area contributed by atoms with Gasteiger partial charge in [0.1, 0.15) is 11.5 Å². The van der Waals surface area contributed by atoms with Crippen LogP contribution in [0.4, 0.5) is 6.01 Å². The van der Waals surface area contributed by atoms with Gasteiger partial charge >= 0.3 is 0 Å². The summed E-state index contributed by atoms with van der Waals surface area (Å²) in [5, 5.41) is 2.88. The molecule has 0 saturated carbocycles. The van der Waals surface area contributed by atoms with Crippen LogP contribution in [-0.2, 0) is 12.8 Å². The van der Waals surface area contributed by atoms with E-state index < -0.39 is 0 Å². The number of aryl methyl sites for hydroxylation is 1. The molecule has 1 N–H and O–H groups in total. The second-order valence-corrected chi connectivity index (χ2v) is 4.06. The van der Waals surface area contributed by atoms with Gasteiger partial charge in [-0.3, -0.25) is 0 Å². The highest BCUT2D eigenvalue weighted by molar-refractivity contribution is 5.39. The number of rotatable bonds is 5. The number of ether oxygens (including phenoxy) is 1. The van der Waals surface area contributed by atoms with E-state index in [1.807, 2.05) is 6.07 Å². The molecule has 1 aromatic heterocycles. The minimum absolute atomic E-state index is 0.538. The van der Waals surface area contributed by atoms with Crippen molar-refractivity contribution >= 4 is 6.01 Å². The molecule has 2 rings (SSSR count). The summed E-state index contributed by atoms with van der Waals surface area (Å²) in [5.74, 6) is 1.71. The number of nitrogens with zero attached hydrogens (tertiary/aromatic N) is 1. The lowest BCUT2D eigenvalue weighted by atomic mass is 10.0. The third kappa shape index (κ3) is 2.64. The van der Waals surface area contributed by atoms with Gasteiger partial charge < -0.3 is 14.5 Å². The molecule has 0 aliphatic carbocycles. The van der Waals surface area contributed by atoms with Gasteiger partial charge in [-0.15, -0.1) is 0 Å². The van der Waals surface area contributed by atoms with Crippen LogP contribution in [0.15, 0.2) is 28.8 Å². The number of nitrogens with one attached hydrogen (secondary N) is 1. The molecule has 2 aromatic rings. The van der Waals surface area contributed by atoms with Gasteiger partial charge in [0.05, 0.1) is 13.3 Å². The Morgan fingerprint density at radius 2 is 2.22 bits per heavy atom. The summed E-state index contributed by atoms with van der Waals surface area (Å²) in [7, 11) is 3.47. The number of aromatic nitrogens is 1. The van der Waals surface area contributed by atoms with Gasteiger partial charge in [-0.05, 0) is 18.1 Å². The van der Waals surface area contributed by atoms with E-state index in [0.29, 0.717) is 12.4 Å². The molecule has 18 heavy (non-hydrogen) atoms. The van der Waals surface area contributed by atoms with Gasteiger partial charge in [0, 0.05) is 19.0 Å². The summed E-state index contributed by atoms with van der Waals surface area (Å²) >= 11 is 0. The van der Waals surface area contributed by atoms with Gasteiger partial charge in [-0.25, -0.2) is 4.98 Å². The van der Waals surface area contributed by atoms with Crippen LogP contribution in [0.2, 0.25) is 0 Å². The van der Waals surface area contributed by atoms with E-state index in [9.17, 15) is 0 Å². The summed E-state index contributed by atoms with van der Waals surface area (Å²) in [6.45, 7) is 2.14. The maximum Gasteiger partial charge on any atom is 0.294 e. The molecule has 0 bridgehead atoms. The fourth-order valence-electron chi connectivity index (χ4n) is 1.88. The number of hydrogen-bond donors (Lipinski definition) is 1. The van der Waals surface area contributed by atoms with Gasteiger partial charge in [-0.2, -0.15) is 0 Å². The standard InChI is InChI=1S/C14H18N2O2/c1-4-10-5-6-13(17-3)11(7-10)8-12-9-16-14(15-2)18-12/h5-7,9H,4,8H2,1-3H3,(H,15,16). The lowest BCUT2D eigenvalue weighted by Crippen LogP contribution is -1.95. The molecule has 0 unspecified atom stereocenters. The molecule has 0 spiro atoms. The Morgan fingerprint density at radius 1 is 1.39 bits per heavy atom. The van der Waals surface area contributed by atoms with E-state index in [1.165, 1.54) is 5.56 Å². The molecule has 0 radical (unpaired) electrons. The third-order valence-electron chi connectivity index (χ3n) is 2.89. The van der Waals surface area contributed by atoms with Gasteiger partial charge in [0.25, 0.3) is 6.01 Å². The highest BCUT2D eigenvalue weighted by Gasteiger charge is 2.09. The van der Waals surface area contributed by atoms with Crippen molar-refractivity contribution < 1.29 is 9.15 Å². The van der Waals surface area contributed by atoms with Crippen LogP contribution in [0, 0.1) is 0 Å². The Labute approximate surface area is 107 Å². The number of anilines is 1. The van der Waals surface area contributed by atoms with Crippen molar-refractivity contribution in [1.82, 2.24) is 4.98 Å². The molecule has 0 aliphatic heterocycles. The maximum absolute atomic E-state index is 5.53. The molecular weight excluding hydrogens is 228 g/mol. The SMILES string of the molecule is CCc1ccc(OC)c(Cc2cnc(NC)o2)c1. The van der Waals surface area contributed by atoms with Gasteiger partial charge in [0.15, 0.2) is 0 Å².